The maximum Gasteiger partial charge on any atom is 0.266 e. The van der Waals surface area contributed by atoms with Gasteiger partial charge in [0, 0.05) is 5.69 Å². The number of hydrogen-bond acceptors (Lipinski definition) is 4. The summed E-state index contributed by atoms with van der Waals surface area (Å²) >= 11 is 17.8. The first-order valence-electron chi connectivity index (χ1n) is 9.51. The monoisotopic (exact) mass is 499 g/mol. The van der Waals surface area contributed by atoms with Gasteiger partial charge < -0.3 is 15.4 Å². The largest absolute Gasteiger partial charge is 0.484 e. The smallest absolute Gasteiger partial charge is 0.266 e. The van der Waals surface area contributed by atoms with Gasteiger partial charge in [-0.15, -0.1) is 0 Å². The zero-order valence-electron chi connectivity index (χ0n) is 16.9. The standard InChI is InChI=1S/C24H16Cl3N3O3/c25-19-10-7-17(12-21(19)27)29-23(31)14-33-18-8-5-15(6-9-18)11-16(13-28)24(32)30-22-4-2-1-3-20(22)26/h1-12H,14H2,(H,29,31)(H,30,32)/b16-11+. The number of nitrogens with one attached hydrogen (secondary N) is 2. The predicted molar refractivity (Wildman–Crippen MR) is 131 cm³/mol. The maximum atomic E-state index is 12.4. The number of benzene rings is 3. The van der Waals surface area contributed by atoms with Gasteiger partial charge in [-0.3, -0.25) is 9.59 Å². The molecule has 0 heterocycles. The molecule has 0 saturated carbocycles. The summed E-state index contributed by atoms with van der Waals surface area (Å²) in [5.41, 5.74) is 1.42. The second kappa shape index (κ2) is 11.4. The Kier molecular flexibility index (Phi) is 8.34. The van der Waals surface area contributed by atoms with Crippen LogP contribution in [0, 0.1) is 11.3 Å². The second-order valence-corrected chi connectivity index (χ2v) is 7.86. The van der Waals surface area contributed by atoms with Crippen molar-refractivity contribution < 1.29 is 14.3 Å². The molecule has 0 atom stereocenters. The van der Waals surface area contributed by atoms with Crippen LogP contribution in [0.15, 0.2) is 72.3 Å². The van der Waals surface area contributed by atoms with Gasteiger partial charge in [-0.2, -0.15) is 5.26 Å². The number of nitrogens with zero attached hydrogens (tertiary/aromatic N) is 1. The van der Waals surface area contributed by atoms with Crippen molar-refractivity contribution in [3.05, 3.63) is 92.9 Å². The molecule has 0 fully saturated rings. The van der Waals surface area contributed by atoms with Crippen LogP contribution >= 0.6 is 34.8 Å². The summed E-state index contributed by atoms with van der Waals surface area (Å²) < 4.78 is 5.47. The van der Waals surface area contributed by atoms with E-state index in [-0.39, 0.29) is 18.1 Å². The lowest BCUT2D eigenvalue weighted by Crippen LogP contribution is -2.20. The van der Waals surface area contributed by atoms with Gasteiger partial charge in [0.05, 0.1) is 20.8 Å². The number of anilines is 2. The fourth-order valence-corrected chi connectivity index (χ4v) is 3.13. The van der Waals surface area contributed by atoms with Crippen LogP contribution in [-0.4, -0.2) is 18.4 Å². The topological polar surface area (TPSA) is 91.2 Å². The van der Waals surface area contributed by atoms with Gasteiger partial charge in [0.25, 0.3) is 11.8 Å². The van der Waals surface area contributed by atoms with E-state index >= 15 is 0 Å². The molecular weight excluding hydrogens is 485 g/mol. The van der Waals surface area contributed by atoms with Crippen molar-refractivity contribution in [2.24, 2.45) is 0 Å². The highest BCUT2D eigenvalue weighted by molar-refractivity contribution is 6.42. The summed E-state index contributed by atoms with van der Waals surface area (Å²) in [7, 11) is 0. The Bertz CT molecular complexity index is 1250. The zero-order chi connectivity index (χ0) is 23.8. The molecule has 0 saturated heterocycles. The minimum Gasteiger partial charge on any atom is -0.484 e. The number of ether oxygens (including phenoxy) is 1. The van der Waals surface area contributed by atoms with Gasteiger partial charge in [0.15, 0.2) is 6.61 Å². The van der Waals surface area contributed by atoms with E-state index in [1.807, 2.05) is 6.07 Å². The first-order chi connectivity index (χ1) is 15.9. The lowest BCUT2D eigenvalue weighted by molar-refractivity contribution is -0.118. The Labute approximate surface area is 205 Å². The molecule has 0 spiro atoms. The van der Waals surface area contributed by atoms with E-state index in [1.54, 1.807) is 60.7 Å². The molecule has 0 aliphatic carbocycles. The van der Waals surface area contributed by atoms with Gasteiger partial charge in [0.1, 0.15) is 17.4 Å². The van der Waals surface area contributed by atoms with Gasteiger partial charge in [0.2, 0.25) is 0 Å². The molecule has 0 radical (unpaired) electrons. The minimum absolute atomic E-state index is 0.0930. The average Bonchev–Trinajstić information content (AvgIpc) is 2.80. The molecule has 6 nitrogen and oxygen atoms in total. The number of halogens is 3. The SMILES string of the molecule is N#C/C(=C\c1ccc(OCC(=O)Nc2ccc(Cl)c(Cl)c2)cc1)C(=O)Nc1ccccc1Cl. The van der Waals surface area contributed by atoms with Crippen LogP contribution in [0.3, 0.4) is 0 Å². The van der Waals surface area contributed by atoms with Gasteiger partial charge in [-0.1, -0.05) is 59.1 Å². The normalized spacial score (nSPS) is 10.8. The van der Waals surface area contributed by atoms with Crippen LogP contribution in [0.1, 0.15) is 5.56 Å². The molecule has 3 rings (SSSR count). The Hall–Kier alpha value is -3.50. The van der Waals surface area contributed by atoms with Crippen molar-refractivity contribution in [2.45, 2.75) is 0 Å². The van der Waals surface area contributed by atoms with E-state index in [4.69, 9.17) is 39.5 Å². The molecule has 0 aromatic heterocycles. The Morgan fingerprint density at radius 3 is 2.30 bits per heavy atom. The Morgan fingerprint density at radius 1 is 0.909 bits per heavy atom. The number of para-hydroxylation sites is 1. The van der Waals surface area contributed by atoms with Crippen LogP contribution < -0.4 is 15.4 Å². The molecule has 9 heteroatoms. The third-order valence-electron chi connectivity index (χ3n) is 4.25. The third kappa shape index (κ3) is 6.99. The summed E-state index contributed by atoms with van der Waals surface area (Å²) in [6, 6.07) is 19.9. The van der Waals surface area contributed by atoms with Crippen molar-refractivity contribution in [2.75, 3.05) is 17.2 Å². The first kappa shape index (κ1) is 24.1. The quantitative estimate of drug-likeness (QED) is 0.298. The lowest BCUT2D eigenvalue weighted by Gasteiger charge is -2.09. The van der Waals surface area contributed by atoms with E-state index in [9.17, 15) is 14.9 Å². The predicted octanol–water partition coefficient (Wildman–Crippen LogP) is 6.21. The fraction of sp³-hybridized carbons (Fsp3) is 0.0417. The summed E-state index contributed by atoms with van der Waals surface area (Å²) in [6.07, 6.45) is 1.44. The van der Waals surface area contributed by atoms with E-state index in [2.05, 4.69) is 10.6 Å². The van der Waals surface area contributed by atoms with Gasteiger partial charge in [-0.05, 0) is 54.1 Å². The van der Waals surface area contributed by atoms with Crippen molar-refractivity contribution >= 4 is 64.1 Å². The number of nitriles is 1. The fourth-order valence-electron chi connectivity index (χ4n) is 2.65. The number of hydrogen-bond donors (Lipinski definition) is 2. The van der Waals surface area contributed by atoms with Crippen molar-refractivity contribution in [1.29, 1.82) is 5.26 Å². The highest BCUT2D eigenvalue weighted by Gasteiger charge is 2.11. The van der Waals surface area contributed by atoms with Crippen molar-refractivity contribution in [1.82, 2.24) is 0 Å². The summed E-state index contributed by atoms with van der Waals surface area (Å²) in [6.45, 7) is -0.223. The van der Waals surface area contributed by atoms with Crippen LogP contribution in [0.5, 0.6) is 5.75 Å². The molecule has 166 valence electrons. The molecule has 0 bridgehead atoms. The van der Waals surface area contributed by atoms with E-state index in [0.29, 0.717) is 37.8 Å². The van der Waals surface area contributed by atoms with E-state index in [0.717, 1.165) is 0 Å². The molecule has 0 unspecified atom stereocenters. The lowest BCUT2D eigenvalue weighted by atomic mass is 10.1. The van der Waals surface area contributed by atoms with Gasteiger partial charge >= 0.3 is 0 Å². The second-order valence-electron chi connectivity index (χ2n) is 6.64. The van der Waals surface area contributed by atoms with E-state index in [1.165, 1.54) is 12.1 Å². The summed E-state index contributed by atoms with van der Waals surface area (Å²) in [4.78, 5) is 24.5. The number of carbonyl (C=O) groups is 2. The molecule has 2 N–H and O–H groups in total. The number of amides is 2. The van der Waals surface area contributed by atoms with Crippen molar-refractivity contribution in [3.8, 4) is 11.8 Å². The molecule has 0 aliphatic rings. The van der Waals surface area contributed by atoms with Crippen LogP contribution in [0.4, 0.5) is 11.4 Å². The number of rotatable bonds is 7. The molecule has 3 aromatic carbocycles. The third-order valence-corrected chi connectivity index (χ3v) is 5.32. The molecular formula is C24H16Cl3N3O3. The maximum absolute atomic E-state index is 12.4. The van der Waals surface area contributed by atoms with E-state index < -0.39 is 5.91 Å². The van der Waals surface area contributed by atoms with Crippen molar-refractivity contribution in [3.63, 3.8) is 0 Å². The Balaban J connectivity index is 1.58. The van der Waals surface area contributed by atoms with Crippen LogP contribution in [0.25, 0.3) is 6.08 Å². The van der Waals surface area contributed by atoms with Crippen LogP contribution in [0.2, 0.25) is 15.1 Å². The summed E-state index contributed by atoms with van der Waals surface area (Å²) in [5.74, 6) is -0.513. The number of carbonyl (C=O) groups excluding carboxylic acids is 2. The molecule has 3 aromatic rings. The van der Waals surface area contributed by atoms with Gasteiger partial charge in [-0.25, -0.2) is 0 Å². The molecule has 33 heavy (non-hydrogen) atoms. The minimum atomic E-state index is -0.579. The molecule has 0 aliphatic heterocycles. The highest BCUT2D eigenvalue weighted by Crippen LogP contribution is 2.25. The highest BCUT2D eigenvalue weighted by atomic mass is 35.5. The average molecular weight is 501 g/mol. The Morgan fingerprint density at radius 2 is 1.64 bits per heavy atom. The zero-order valence-corrected chi connectivity index (χ0v) is 19.2. The van der Waals surface area contributed by atoms with Crippen LogP contribution in [-0.2, 0) is 9.59 Å². The first-order valence-corrected chi connectivity index (χ1v) is 10.6. The molecule has 2 amide bonds. The summed E-state index contributed by atoms with van der Waals surface area (Å²) in [5, 5.41) is 15.7.